The van der Waals surface area contributed by atoms with Gasteiger partial charge in [0.2, 0.25) is 0 Å². The molecule has 0 bridgehead atoms. The summed E-state index contributed by atoms with van der Waals surface area (Å²) >= 11 is 9.03. The Balaban J connectivity index is 2.49. The number of aromatic nitrogens is 2. The summed E-state index contributed by atoms with van der Waals surface area (Å²) in [7, 11) is -0.841. The summed E-state index contributed by atoms with van der Waals surface area (Å²) in [4.78, 5) is 4.56. The molecule has 1 aromatic heterocycles. The zero-order valence-electron chi connectivity index (χ0n) is 11.9. The smallest absolute Gasteiger partial charge is 0.139 e. The van der Waals surface area contributed by atoms with Crippen LogP contribution in [0.5, 0.6) is 0 Å². The Hall–Kier alpha value is -0.460. The van der Waals surface area contributed by atoms with Gasteiger partial charge in [0.05, 0.1) is 15.5 Å². The van der Waals surface area contributed by atoms with E-state index in [1.807, 2.05) is 11.5 Å². The summed E-state index contributed by atoms with van der Waals surface area (Å²) in [5.74, 6) is 1.60. The lowest BCUT2D eigenvalue weighted by Crippen LogP contribution is -2.12. The monoisotopic (exact) mass is 394 g/mol. The highest BCUT2D eigenvalue weighted by Gasteiger charge is 2.17. The first kappa shape index (κ1) is 16.9. The molecule has 0 radical (unpaired) electrons. The first-order chi connectivity index (χ1) is 9.93. The van der Waals surface area contributed by atoms with E-state index in [1.165, 1.54) is 6.07 Å². The van der Waals surface area contributed by atoms with Crippen LogP contribution in [0.25, 0.3) is 11.0 Å². The fourth-order valence-electron chi connectivity index (χ4n) is 2.36. The predicted molar refractivity (Wildman–Crippen MR) is 90.1 cm³/mol. The molecule has 0 amide bonds. The number of fused-ring (bicyclic) bond motifs is 1. The molecular weight excluding hydrogens is 379 g/mol. The van der Waals surface area contributed by atoms with Crippen molar-refractivity contribution in [2.24, 2.45) is 0 Å². The van der Waals surface area contributed by atoms with Crippen molar-refractivity contribution in [3.05, 3.63) is 28.2 Å². The molecule has 1 heterocycles. The number of rotatable bonds is 6. The number of nitrogens with zero attached hydrogens (tertiary/aromatic N) is 2. The highest BCUT2D eigenvalue weighted by Crippen LogP contribution is 2.28. The third-order valence-corrected chi connectivity index (χ3v) is 4.99. The summed E-state index contributed by atoms with van der Waals surface area (Å²) in [6, 6.07) is 3.27. The Kier molecular flexibility index (Phi) is 5.80. The molecule has 21 heavy (non-hydrogen) atoms. The highest BCUT2D eigenvalue weighted by atomic mass is 79.9. The SMILES string of the molecule is CC(CCS(C)=O)n1c(CCCl)nc2cc(Br)c(F)cc21. The minimum atomic E-state index is -0.841. The van der Waals surface area contributed by atoms with Crippen LogP contribution in [0, 0.1) is 5.82 Å². The second-order valence-electron chi connectivity index (χ2n) is 5.01. The van der Waals surface area contributed by atoms with Crippen LogP contribution in [0.4, 0.5) is 4.39 Å². The maximum absolute atomic E-state index is 13.8. The van der Waals surface area contributed by atoms with E-state index >= 15 is 0 Å². The molecule has 0 saturated carbocycles. The minimum absolute atomic E-state index is 0.0951. The average molecular weight is 396 g/mol. The number of hydrogen-bond acceptors (Lipinski definition) is 2. The number of aryl methyl sites for hydroxylation is 1. The van der Waals surface area contributed by atoms with Crippen molar-refractivity contribution in [1.29, 1.82) is 0 Å². The molecule has 0 aliphatic rings. The van der Waals surface area contributed by atoms with Crippen molar-refractivity contribution in [2.75, 3.05) is 17.9 Å². The van der Waals surface area contributed by atoms with Gasteiger partial charge in [-0.05, 0) is 35.3 Å². The molecule has 1 aromatic carbocycles. The molecule has 0 spiro atoms. The van der Waals surface area contributed by atoms with Crippen LogP contribution in [-0.4, -0.2) is 31.6 Å². The topological polar surface area (TPSA) is 34.9 Å². The van der Waals surface area contributed by atoms with Gasteiger partial charge in [-0.15, -0.1) is 11.6 Å². The molecule has 3 nitrogen and oxygen atoms in total. The van der Waals surface area contributed by atoms with Gasteiger partial charge in [0.15, 0.2) is 0 Å². The van der Waals surface area contributed by atoms with Crippen LogP contribution < -0.4 is 0 Å². The van der Waals surface area contributed by atoms with Crippen LogP contribution in [-0.2, 0) is 17.2 Å². The van der Waals surface area contributed by atoms with Gasteiger partial charge in [0.25, 0.3) is 0 Å². The molecular formula is C14H17BrClFN2OS. The van der Waals surface area contributed by atoms with Crippen LogP contribution in [0.15, 0.2) is 16.6 Å². The van der Waals surface area contributed by atoms with Crippen molar-refractivity contribution in [3.8, 4) is 0 Å². The molecule has 116 valence electrons. The van der Waals surface area contributed by atoms with Crippen molar-refractivity contribution < 1.29 is 8.60 Å². The predicted octanol–water partition coefficient (Wildman–Crippen LogP) is 4.05. The maximum Gasteiger partial charge on any atom is 0.139 e. The number of alkyl halides is 1. The lowest BCUT2D eigenvalue weighted by molar-refractivity contribution is 0.524. The lowest BCUT2D eigenvalue weighted by atomic mass is 10.2. The fourth-order valence-corrected chi connectivity index (χ4v) is 3.53. The summed E-state index contributed by atoms with van der Waals surface area (Å²) in [5.41, 5.74) is 1.50. The van der Waals surface area contributed by atoms with Crippen LogP contribution in [0.2, 0.25) is 0 Å². The molecule has 0 N–H and O–H groups in total. The lowest BCUT2D eigenvalue weighted by Gasteiger charge is -2.17. The molecule has 0 aliphatic heterocycles. The molecule has 2 rings (SSSR count). The van der Waals surface area contributed by atoms with Crippen LogP contribution >= 0.6 is 27.5 Å². The number of hydrogen-bond donors (Lipinski definition) is 0. The first-order valence-electron chi connectivity index (χ1n) is 6.66. The average Bonchev–Trinajstić information content (AvgIpc) is 2.74. The Bertz CT molecular complexity index is 677. The fraction of sp³-hybridized carbons (Fsp3) is 0.500. The maximum atomic E-state index is 13.8. The second-order valence-corrected chi connectivity index (χ2v) is 7.79. The van der Waals surface area contributed by atoms with Crippen molar-refractivity contribution in [2.45, 2.75) is 25.8 Å². The zero-order chi connectivity index (χ0) is 15.6. The van der Waals surface area contributed by atoms with E-state index in [-0.39, 0.29) is 11.9 Å². The Morgan fingerprint density at radius 3 is 2.86 bits per heavy atom. The van der Waals surface area contributed by atoms with E-state index in [0.717, 1.165) is 23.3 Å². The summed E-state index contributed by atoms with van der Waals surface area (Å²) in [6.07, 6.45) is 3.06. The molecule has 0 fully saturated rings. The van der Waals surface area contributed by atoms with Crippen molar-refractivity contribution >= 4 is 49.4 Å². The summed E-state index contributed by atoms with van der Waals surface area (Å²) in [5, 5.41) is 0. The minimum Gasteiger partial charge on any atom is -0.325 e. The zero-order valence-corrected chi connectivity index (χ0v) is 15.1. The van der Waals surface area contributed by atoms with Gasteiger partial charge in [-0.25, -0.2) is 9.37 Å². The van der Waals surface area contributed by atoms with Gasteiger partial charge in [0.1, 0.15) is 11.6 Å². The Morgan fingerprint density at radius 1 is 1.52 bits per heavy atom. The van der Waals surface area contributed by atoms with Crippen molar-refractivity contribution in [1.82, 2.24) is 9.55 Å². The molecule has 7 heteroatoms. The van der Waals surface area contributed by atoms with Gasteiger partial charge >= 0.3 is 0 Å². The Morgan fingerprint density at radius 2 is 2.24 bits per heavy atom. The first-order valence-corrected chi connectivity index (χ1v) is 9.71. The molecule has 2 atom stereocenters. The van der Waals surface area contributed by atoms with E-state index in [9.17, 15) is 8.60 Å². The van der Waals surface area contributed by atoms with Gasteiger partial charge in [-0.2, -0.15) is 0 Å². The van der Waals surface area contributed by atoms with Crippen LogP contribution in [0.3, 0.4) is 0 Å². The normalized spacial score (nSPS) is 14.5. The van der Waals surface area contributed by atoms with Gasteiger partial charge in [-0.3, -0.25) is 4.21 Å². The third kappa shape index (κ3) is 3.85. The molecule has 2 unspecified atom stereocenters. The highest BCUT2D eigenvalue weighted by molar-refractivity contribution is 9.10. The molecule has 0 aliphatic carbocycles. The second kappa shape index (κ2) is 7.20. The van der Waals surface area contributed by atoms with Gasteiger partial charge < -0.3 is 4.57 Å². The van der Waals surface area contributed by atoms with Gasteiger partial charge in [0, 0.05) is 47.2 Å². The van der Waals surface area contributed by atoms with Gasteiger partial charge in [-0.1, -0.05) is 0 Å². The number of imidazole rings is 1. The van der Waals surface area contributed by atoms with E-state index in [1.54, 1.807) is 12.3 Å². The van der Waals surface area contributed by atoms with E-state index < -0.39 is 10.8 Å². The Labute approximate surface area is 139 Å². The summed E-state index contributed by atoms with van der Waals surface area (Å²) in [6.45, 7) is 2.03. The number of halogens is 3. The number of benzene rings is 1. The molecule has 0 saturated heterocycles. The van der Waals surface area contributed by atoms with E-state index in [2.05, 4.69) is 20.9 Å². The van der Waals surface area contributed by atoms with Crippen molar-refractivity contribution in [3.63, 3.8) is 0 Å². The third-order valence-electron chi connectivity index (χ3n) is 3.39. The molecule has 2 aromatic rings. The van der Waals surface area contributed by atoms with E-state index in [0.29, 0.717) is 22.5 Å². The van der Waals surface area contributed by atoms with Crippen LogP contribution in [0.1, 0.15) is 25.2 Å². The standard InChI is InChI=1S/C14H17BrClFN2OS/c1-9(4-6-21(2)20)19-13-8-11(17)10(15)7-12(13)18-14(19)3-5-16/h7-9H,3-6H2,1-2H3. The largest absolute Gasteiger partial charge is 0.325 e. The quantitative estimate of drug-likeness (QED) is 0.692. The summed E-state index contributed by atoms with van der Waals surface area (Å²) < 4.78 is 27.5. The van der Waals surface area contributed by atoms with E-state index in [4.69, 9.17) is 11.6 Å².